The van der Waals surface area contributed by atoms with Crippen molar-refractivity contribution >= 4 is 22.2 Å². The normalized spacial score (nSPS) is 18.8. The second kappa shape index (κ2) is 6.15. The number of nitriles is 1. The minimum Gasteiger partial charge on any atom is -0.315 e. The first kappa shape index (κ1) is 14.0. The van der Waals surface area contributed by atoms with Crippen molar-refractivity contribution in [3.05, 3.63) is 17.0 Å². The number of nitrogens with one attached hydrogen (secondary N) is 1. The molecule has 2 heterocycles. The van der Waals surface area contributed by atoms with Gasteiger partial charge in [0.1, 0.15) is 11.1 Å². The lowest BCUT2D eigenvalue weighted by Gasteiger charge is -2.35. The van der Waals surface area contributed by atoms with E-state index in [4.69, 9.17) is 5.26 Å². The van der Waals surface area contributed by atoms with Gasteiger partial charge in [0, 0.05) is 26.2 Å². The Morgan fingerprint density at radius 3 is 2.79 bits per heavy atom. The summed E-state index contributed by atoms with van der Waals surface area (Å²) in [7, 11) is 2.09. The molecule has 6 heteroatoms. The van der Waals surface area contributed by atoms with Crippen molar-refractivity contribution in [2.75, 3.05) is 38.5 Å². The van der Waals surface area contributed by atoms with Crippen molar-refractivity contribution in [2.45, 2.75) is 13.0 Å². The number of nitrogens with zero attached hydrogens (tertiary/aromatic N) is 3. The van der Waals surface area contributed by atoms with E-state index in [-0.39, 0.29) is 11.9 Å². The van der Waals surface area contributed by atoms with Gasteiger partial charge in [-0.1, -0.05) is 0 Å². The molecule has 5 nitrogen and oxygen atoms in total. The zero-order chi connectivity index (χ0) is 13.8. The molecule has 0 unspecified atom stereocenters. The van der Waals surface area contributed by atoms with Gasteiger partial charge in [0.2, 0.25) is 5.91 Å². The van der Waals surface area contributed by atoms with Crippen molar-refractivity contribution in [1.82, 2.24) is 9.80 Å². The van der Waals surface area contributed by atoms with Gasteiger partial charge in [-0.15, -0.1) is 11.3 Å². The van der Waals surface area contributed by atoms with Gasteiger partial charge in [-0.25, -0.2) is 0 Å². The van der Waals surface area contributed by atoms with Crippen LogP contribution in [0.2, 0.25) is 0 Å². The van der Waals surface area contributed by atoms with E-state index < -0.39 is 0 Å². The van der Waals surface area contributed by atoms with Crippen molar-refractivity contribution in [3.8, 4) is 6.07 Å². The monoisotopic (exact) mass is 278 g/mol. The standard InChI is InChI=1S/C13H18N4OS/c1-10(17-6-4-16(2)5-7-17)12(18)15-13-11(9-14)3-8-19-13/h3,8,10H,4-7H2,1-2H3,(H,15,18)/t10-/m0/s1. The molecule has 0 aliphatic carbocycles. The molecule has 102 valence electrons. The van der Waals surface area contributed by atoms with Crippen LogP contribution in [0.5, 0.6) is 0 Å². The van der Waals surface area contributed by atoms with Crippen molar-refractivity contribution in [3.63, 3.8) is 0 Å². The molecular weight excluding hydrogens is 260 g/mol. The molecule has 1 fully saturated rings. The van der Waals surface area contributed by atoms with Gasteiger partial charge >= 0.3 is 0 Å². The van der Waals surface area contributed by atoms with Crippen LogP contribution in [-0.4, -0.2) is 55.0 Å². The third-order valence-corrected chi connectivity index (χ3v) is 4.32. The first-order chi connectivity index (χ1) is 9.11. The predicted molar refractivity (Wildman–Crippen MR) is 76.2 cm³/mol. The first-order valence-electron chi connectivity index (χ1n) is 6.33. The summed E-state index contributed by atoms with van der Waals surface area (Å²) in [5, 5.41) is 14.2. The van der Waals surface area contributed by atoms with Crippen LogP contribution in [0.3, 0.4) is 0 Å². The Morgan fingerprint density at radius 2 is 2.16 bits per heavy atom. The van der Waals surface area contributed by atoms with Crippen LogP contribution in [0.1, 0.15) is 12.5 Å². The summed E-state index contributed by atoms with van der Waals surface area (Å²) in [5.41, 5.74) is 0.531. The van der Waals surface area contributed by atoms with Crippen LogP contribution in [-0.2, 0) is 4.79 Å². The zero-order valence-corrected chi connectivity index (χ0v) is 12.0. The molecule has 1 aliphatic heterocycles. The number of amides is 1. The van der Waals surface area contributed by atoms with E-state index in [1.165, 1.54) is 11.3 Å². The summed E-state index contributed by atoms with van der Waals surface area (Å²) in [6, 6.07) is 3.64. The number of carbonyl (C=O) groups excluding carboxylic acids is 1. The number of hydrogen-bond donors (Lipinski definition) is 1. The molecule has 0 aromatic carbocycles. The smallest absolute Gasteiger partial charge is 0.242 e. The molecular formula is C13H18N4OS. The van der Waals surface area contributed by atoms with Gasteiger partial charge in [0.25, 0.3) is 0 Å². The average molecular weight is 278 g/mol. The summed E-state index contributed by atoms with van der Waals surface area (Å²) >= 11 is 1.39. The first-order valence-corrected chi connectivity index (χ1v) is 7.21. The summed E-state index contributed by atoms with van der Waals surface area (Å²) in [5.74, 6) is -0.0384. The molecule has 1 aliphatic rings. The van der Waals surface area contributed by atoms with Crippen LogP contribution in [0.25, 0.3) is 0 Å². The number of piperazine rings is 1. The highest BCUT2D eigenvalue weighted by Crippen LogP contribution is 2.22. The fourth-order valence-corrected chi connectivity index (χ4v) is 2.83. The van der Waals surface area contributed by atoms with Crippen LogP contribution < -0.4 is 5.32 Å². The average Bonchev–Trinajstić information content (AvgIpc) is 2.86. The second-order valence-corrected chi connectivity index (χ2v) is 5.70. The highest BCUT2D eigenvalue weighted by atomic mass is 32.1. The molecule has 0 radical (unpaired) electrons. The predicted octanol–water partition coefficient (Wildman–Crippen LogP) is 1.19. The number of likely N-dealkylation sites (N-methyl/N-ethyl adjacent to an activating group) is 1. The summed E-state index contributed by atoms with van der Waals surface area (Å²) in [6.45, 7) is 5.70. The van der Waals surface area contributed by atoms with Gasteiger partial charge in [-0.3, -0.25) is 9.69 Å². The maximum Gasteiger partial charge on any atom is 0.242 e. The molecule has 1 N–H and O–H groups in total. The fraction of sp³-hybridized carbons (Fsp3) is 0.538. The summed E-state index contributed by atoms with van der Waals surface area (Å²) in [6.07, 6.45) is 0. The van der Waals surface area contributed by atoms with Crippen LogP contribution in [0.4, 0.5) is 5.00 Å². The van der Waals surface area contributed by atoms with E-state index in [2.05, 4.69) is 28.2 Å². The summed E-state index contributed by atoms with van der Waals surface area (Å²) in [4.78, 5) is 16.6. The molecule has 1 aromatic rings. The van der Waals surface area contributed by atoms with Crippen LogP contribution in [0.15, 0.2) is 11.4 Å². The Balaban J connectivity index is 1.95. The number of carbonyl (C=O) groups is 1. The lowest BCUT2D eigenvalue weighted by molar-refractivity contribution is -0.121. The molecule has 0 saturated carbocycles. The summed E-state index contributed by atoms with van der Waals surface area (Å²) < 4.78 is 0. The van der Waals surface area contributed by atoms with Gasteiger partial charge in [0.15, 0.2) is 0 Å². The fourth-order valence-electron chi connectivity index (χ4n) is 2.09. The molecule has 1 amide bonds. The third kappa shape index (κ3) is 3.32. The van der Waals surface area contributed by atoms with Gasteiger partial charge in [-0.2, -0.15) is 5.26 Å². The molecule has 1 saturated heterocycles. The van der Waals surface area contributed by atoms with Gasteiger partial charge in [0.05, 0.1) is 11.6 Å². The van der Waals surface area contributed by atoms with Crippen LogP contribution >= 0.6 is 11.3 Å². The lowest BCUT2D eigenvalue weighted by atomic mass is 10.2. The second-order valence-electron chi connectivity index (χ2n) is 4.78. The Hall–Kier alpha value is -1.42. The van der Waals surface area contributed by atoms with Crippen molar-refractivity contribution < 1.29 is 4.79 Å². The minimum atomic E-state index is -0.164. The van der Waals surface area contributed by atoms with Gasteiger partial charge in [-0.05, 0) is 25.4 Å². The number of anilines is 1. The topological polar surface area (TPSA) is 59.4 Å². The van der Waals surface area contributed by atoms with E-state index in [1.807, 2.05) is 12.3 Å². The minimum absolute atomic E-state index is 0.0384. The molecule has 0 bridgehead atoms. The Kier molecular flexibility index (Phi) is 4.53. The van der Waals surface area contributed by atoms with E-state index in [0.717, 1.165) is 26.2 Å². The number of thiophene rings is 1. The van der Waals surface area contributed by atoms with Crippen molar-refractivity contribution in [1.29, 1.82) is 5.26 Å². The molecule has 2 rings (SSSR count). The maximum atomic E-state index is 12.2. The number of hydrogen-bond acceptors (Lipinski definition) is 5. The highest BCUT2D eigenvalue weighted by Gasteiger charge is 2.24. The Bertz CT molecular complexity index is 485. The largest absolute Gasteiger partial charge is 0.315 e. The Morgan fingerprint density at radius 1 is 1.47 bits per heavy atom. The van der Waals surface area contributed by atoms with E-state index in [9.17, 15) is 4.79 Å². The van der Waals surface area contributed by atoms with Gasteiger partial charge < -0.3 is 10.2 Å². The van der Waals surface area contributed by atoms with E-state index in [0.29, 0.717) is 10.6 Å². The molecule has 1 aromatic heterocycles. The molecule has 0 spiro atoms. The molecule has 19 heavy (non-hydrogen) atoms. The van der Waals surface area contributed by atoms with E-state index in [1.54, 1.807) is 6.07 Å². The van der Waals surface area contributed by atoms with E-state index >= 15 is 0 Å². The highest BCUT2D eigenvalue weighted by molar-refractivity contribution is 7.14. The SMILES string of the molecule is C[C@@H](C(=O)Nc1sccc1C#N)N1CCN(C)CC1. The number of rotatable bonds is 3. The maximum absolute atomic E-state index is 12.2. The third-order valence-electron chi connectivity index (χ3n) is 3.49. The Labute approximate surface area is 117 Å². The van der Waals surface area contributed by atoms with Crippen LogP contribution in [0, 0.1) is 11.3 Å². The zero-order valence-electron chi connectivity index (χ0n) is 11.2. The van der Waals surface area contributed by atoms with Crippen molar-refractivity contribution in [2.24, 2.45) is 0 Å². The quantitative estimate of drug-likeness (QED) is 0.902. The lowest BCUT2D eigenvalue weighted by Crippen LogP contribution is -2.51. The molecule has 1 atom stereocenters.